The standard InChI is InChI=1S/C17H22BrN3O2.ClH/c1-12(22)21-16(14-2-4-15(18)5-3-14)10-17(23)20-11-13-6-8-19-9-7-13;/h2-6,16,19H,7-11H2,1H3,(H,20,23)(H,21,22);1H. The highest BCUT2D eigenvalue weighted by molar-refractivity contribution is 9.10. The predicted octanol–water partition coefficient (Wildman–Crippen LogP) is 2.47. The van der Waals surface area contributed by atoms with Crippen LogP contribution in [0.5, 0.6) is 0 Å². The Kier molecular flexibility index (Phi) is 9.03. The average Bonchev–Trinajstić information content (AvgIpc) is 2.53. The average molecular weight is 417 g/mol. The lowest BCUT2D eigenvalue weighted by molar-refractivity contribution is -0.122. The summed E-state index contributed by atoms with van der Waals surface area (Å²) in [6.07, 6.45) is 3.30. The van der Waals surface area contributed by atoms with Crippen molar-refractivity contribution in [3.05, 3.63) is 46.0 Å². The third-order valence-corrected chi connectivity index (χ3v) is 4.24. The van der Waals surface area contributed by atoms with E-state index in [9.17, 15) is 9.59 Å². The lowest BCUT2D eigenvalue weighted by atomic mass is 10.0. The van der Waals surface area contributed by atoms with E-state index in [0.717, 1.165) is 29.5 Å². The Balaban J connectivity index is 0.00000288. The minimum atomic E-state index is -0.317. The third-order valence-electron chi connectivity index (χ3n) is 3.71. The van der Waals surface area contributed by atoms with Crippen LogP contribution in [0.3, 0.4) is 0 Å². The van der Waals surface area contributed by atoms with Gasteiger partial charge in [-0.05, 0) is 30.7 Å². The van der Waals surface area contributed by atoms with Crippen LogP contribution < -0.4 is 16.0 Å². The Morgan fingerprint density at radius 1 is 1.29 bits per heavy atom. The number of benzene rings is 1. The van der Waals surface area contributed by atoms with E-state index < -0.39 is 0 Å². The number of hydrogen-bond acceptors (Lipinski definition) is 3. The number of carbonyl (C=O) groups is 2. The maximum Gasteiger partial charge on any atom is 0.222 e. The van der Waals surface area contributed by atoms with Crippen molar-refractivity contribution in [3.8, 4) is 0 Å². The molecule has 0 spiro atoms. The molecule has 0 fully saturated rings. The van der Waals surface area contributed by atoms with Gasteiger partial charge >= 0.3 is 0 Å². The lowest BCUT2D eigenvalue weighted by Gasteiger charge is -2.19. The van der Waals surface area contributed by atoms with E-state index in [4.69, 9.17) is 0 Å². The van der Waals surface area contributed by atoms with Crippen molar-refractivity contribution in [3.63, 3.8) is 0 Å². The zero-order chi connectivity index (χ0) is 16.7. The topological polar surface area (TPSA) is 70.2 Å². The molecule has 0 saturated carbocycles. The molecule has 24 heavy (non-hydrogen) atoms. The molecule has 0 bridgehead atoms. The van der Waals surface area contributed by atoms with E-state index >= 15 is 0 Å². The van der Waals surface area contributed by atoms with Crippen LogP contribution >= 0.6 is 28.3 Å². The minimum Gasteiger partial charge on any atom is -0.352 e. The number of hydrogen-bond donors (Lipinski definition) is 3. The summed E-state index contributed by atoms with van der Waals surface area (Å²) in [7, 11) is 0. The van der Waals surface area contributed by atoms with Crippen LogP contribution in [0.15, 0.2) is 40.4 Å². The summed E-state index contributed by atoms with van der Waals surface area (Å²) in [6.45, 7) is 3.85. The van der Waals surface area contributed by atoms with Gasteiger partial charge < -0.3 is 16.0 Å². The zero-order valence-corrected chi connectivity index (χ0v) is 16.0. The Morgan fingerprint density at radius 2 is 2.00 bits per heavy atom. The second kappa shape index (κ2) is 10.5. The molecule has 1 atom stereocenters. The van der Waals surface area contributed by atoms with Gasteiger partial charge in [-0.15, -0.1) is 12.4 Å². The van der Waals surface area contributed by atoms with Crippen LogP contribution in [-0.2, 0) is 9.59 Å². The fourth-order valence-corrected chi connectivity index (χ4v) is 2.76. The smallest absolute Gasteiger partial charge is 0.222 e. The highest BCUT2D eigenvalue weighted by atomic mass is 79.9. The van der Waals surface area contributed by atoms with Gasteiger partial charge in [0.25, 0.3) is 0 Å². The highest BCUT2D eigenvalue weighted by Gasteiger charge is 2.17. The zero-order valence-electron chi connectivity index (χ0n) is 13.6. The van der Waals surface area contributed by atoms with Crippen molar-refractivity contribution in [1.29, 1.82) is 0 Å². The lowest BCUT2D eigenvalue weighted by Crippen LogP contribution is -2.34. The maximum atomic E-state index is 12.2. The molecule has 1 heterocycles. The molecular weight excluding hydrogens is 394 g/mol. The first kappa shape index (κ1) is 20.7. The fraction of sp³-hybridized carbons (Fsp3) is 0.412. The van der Waals surface area contributed by atoms with Gasteiger partial charge in [-0.1, -0.05) is 39.7 Å². The molecule has 7 heteroatoms. The number of rotatable bonds is 6. The van der Waals surface area contributed by atoms with Crippen molar-refractivity contribution >= 4 is 40.2 Å². The molecule has 0 radical (unpaired) electrons. The predicted molar refractivity (Wildman–Crippen MR) is 101 cm³/mol. The summed E-state index contributed by atoms with van der Waals surface area (Å²) in [5.74, 6) is -0.210. The number of halogens is 2. The monoisotopic (exact) mass is 415 g/mol. The summed E-state index contributed by atoms with van der Waals surface area (Å²) in [5, 5.41) is 9.03. The molecule has 1 aliphatic heterocycles. The SMILES string of the molecule is CC(=O)NC(CC(=O)NCC1=CCNCC1)c1ccc(Br)cc1.Cl. The molecule has 5 nitrogen and oxygen atoms in total. The third kappa shape index (κ3) is 7.03. The van der Waals surface area contributed by atoms with Crippen LogP contribution in [0.4, 0.5) is 0 Å². The molecule has 3 N–H and O–H groups in total. The Morgan fingerprint density at radius 3 is 2.58 bits per heavy atom. The van der Waals surface area contributed by atoms with Gasteiger partial charge in [-0.3, -0.25) is 9.59 Å². The van der Waals surface area contributed by atoms with Gasteiger partial charge in [0.05, 0.1) is 12.5 Å². The quantitative estimate of drug-likeness (QED) is 0.624. The summed E-state index contributed by atoms with van der Waals surface area (Å²) in [6, 6.07) is 7.31. The molecule has 2 amide bonds. The molecule has 0 saturated heterocycles. The van der Waals surface area contributed by atoms with Crippen molar-refractivity contribution in [2.45, 2.75) is 25.8 Å². The summed E-state index contributed by atoms with van der Waals surface area (Å²) in [4.78, 5) is 23.6. The van der Waals surface area contributed by atoms with Crippen molar-refractivity contribution in [2.75, 3.05) is 19.6 Å². The molecule has 132 valence electrons. The molecule has 1 unspecified atom stereocenters. The van der Waals surface area contributed by atoms with E-state index in [0.29, 0.717) is 6.54 Å². The van der Waals surface area contributed by atoms with Gasteiger partial charge in [-0.25, -0.2) is 0 Å². The minimum absolute atomic E-state index is 0. The summed E-state index contributed by atoms with van der Waals surface area (Å²) in [5.41, 5.74) is 2.16. The summed E-state index contributed by atoms with van der Waals surface area (Å²) < 4.78 is 0.963. The normalized spacial score (nSPS) is 14.8. The van der Waals surface area contributed by atoms with Gasteiger partial charge in [-0.2, -0.15) is 0 Å². The molecular formula is C17H23BrClN3O2. The number of amides is 2. The van der Waals surface area contributed by atoms with E-state index in [1.807, 2.05) is 24.3 Å². The van der Waals surface area contributed by atoms with Crippen LogP contribution in [0.2, 0.25) is 0 Å². The Bertz CT molecular complexity index is 590. The van der Waals surface area contributed by atoms with Crippen molar-refractivity contribution in [1.82, 2.24) is 16.0 Å². The molecule has 0 aromatic heterocycles. The molecule has 1 aromatic carbocycles. The number of nitrogens with one attached hydrogen (secondary N) is 3. The summed E-state index contributed by atoms with van der Waals surface area (Å²) >= 11 is 3.39. The van der Waals surface area contributed by atoms with Crippen molar-refractivity contribution < 1.29 is 9.59 Å². The molecule has 1 aromatic rings. The molecule has 1 aliphatic rings. The van der Waals surface area contributed by atoms with Gasteiger partial charge in [0.1, 0.15) is 0 Å². The maximum absolute atomic E-state index is 12.2. The van der Waals surface area contributed by atoms with Crippen LogP contribution in [0.25, 0.3) is 0 Å². The van der Waals surface area contributed by atoms with Crippen LogP contribution in [-0.4, -0.2) is 31.4 Å². The van der Waals surface area contributed by atoms with E-state index in [1.54, 1.807) is 0 Å². The van der Waals surface area contributed by atoms with Crippen LogP contribution in [0, 0.1) is 0 Å². The van der Waals surface area contributed by atoms with Crippen molar-refractivity contribution in [2.24, 2.45) is 0 Å². The number of carbonyl (C=O) groups excluding carboxylic acids is 2. The molecule has 2 rings (SSSR count). The van der Waals surface area contributed by atoms with Gasteiger partial charge in [0, 0.05) is 24.5 Å². The Labute approximate surface area is 157 Å². The first-order valence-electron chi connectivity index (χ1n) is 7.72. The highest BCUT2D eigenvalue weighted by Crippen LogP contribution is 2.20. The van der Waals surface area contributed by atoms with Gasteiger partial charge in [0.2, 0.25) is 11.8 Å². The largest absolute Gasteiger partial charge is 0.352 e. The van der Waals surface area contributed by atoms with E-state index in [1.165, 1.54) is 12.5 Å². The first-order valence-corrected chi connectivity index (χ1v) is 8.52. The van der Waals surface area contributed by atoms with Gasteiger partial charge in [0.15, 0.2) is 0 Å². The first-order chi connectivity index (χ1) is 11.0. The second-order valence-corrected chi connectivity index (χ2v) is 6.52. The Hall–Kier alpha value is -1.37. The molecule has 0 aliphatic carbocycles. The second-order valence-electron chi connectivity index (χ2n) is 5.60. The van der Waals surface area contributed by atoms with E-state index in [2.05, 4.69) is 38.0 Å². The fourth-order valence-electron chi connectivity index (χ4n) is 2.49. The van der Waals surface area contributed by atoms with Crippen LogP contribution in [0.1, 0.15) is 31.4 Å². The van der Waals surface area contributed by atoms with E-state index in [-0.39, 0.29) is 36.7 Å².